The number of thiazole rings is 1. The predicted octanol–water partition coefficient (Wildman–Crippen LogP) is 0.863. The molecule has 8 nitrogen and oxygen atoms in total. The molecule has 3 heterocycles. The molecule has 0 aliphatic carbocycles. The number of esters is 1. The van der Waals surface area contributed by atoms with Crippen LogP contribution in [-0.4, -0.2) is 51.5 Å². The first-order valence-electron chi connectivity index (χ1n) is 7.57. The summed E-state index contributed by atoms with van der Waals surface area (Å²) in [5, 5.41) is 14.7. The van der Waals surface area contributed by atoms with Crippen molar-refractivity contribution < 1.29 is 14.3 Å². The lowest BCUT2D eigenvalue weighted by molar-refractivity contribution is -0.139. The van der Waals surface area contributed by atoms with Crippen LogP contribution in [0.25, 0.3) is 0 Å². The third-order valence-electron chi connectivity index (χ3n) is 3.86. The Morgan fingerprint density at radius 2 is 2.30 bits per heavy atom. The van der Waals surface area contributed by atoms with Gasteiger partial charge in [-0.05, 0) is 29.2 Å². The lowest BCUT2D eigenvalue weighted by Crippen LogP contribution is -2.20. The highest BCUT2D eigenvalue weighted by atomic mass is 32.1. The Balaban J connectivity index is 1.62. The molecule has 0 radical (unpaired) electrons. The van der Waals surface area contributed by atoms with E-state index in [1.54, 1.807) is 4.68 Å². The number of carbonyl (C=O) groups excluding carboxylic acids is 1. The second-order valence-corrected chi connectivity index (χ2v) is 6.44. The van der Waals surface area contributed by atoms with Crippen molar-refractivity contribution in [2.24, 2.45) is 5.92 Å². The van der Waals surface area contributed by atoms with Crippen LogP contribution in [0.15, 0.2) is 5.38 Å². The second-order valence-electron chi connectivity index (χ2n) is 5.50. The molecule has 2 aromatic rings. The maximum Gasteiger partial charge on any atom is 0.311 e. The fraction of sp³-hybridized carbons (Fsp3) is 0.643. The van der Waals surface area contributed by atoms with Crippen LogP contribution in [0.4, 0.5) is 0 Å². The van der Waals surface area contributed by atoms with Crippen molar-refractivity contribution in [2.45, 2.75) is 32.2 Å². The number of hydrogen-bond donors (Lipinski definition) is 0. The first-order chi connectivity index (χ1) is 11.2. The molecule has 0 spiro atoms. The molecule has 1 fully saturated rings. The molecule has 0 aromatic carbocycles. The Morgan fingerprint density at radius 1 is 1.48 bits per heavy atom. The maximum atomic E-state index is 11.3. The van der Waals surface area contributed by atoms with E-state index < -0.39 is 0 Å². The summed E-state index contributed by atoms with van der Waals surface area (Å²) in [4.78, 5) is 15.7. The van der Waals surface area contributed by atoms with Crippen LogP contribution in [0, 0.1) is 5.92 Å². The number of hydrogen-bond acceptors (Lipinski definition) is 8. The third-order valence-corrected chi connectivity index (χ3v) is 4.74. The van der Waals surface area contributed by atoms with Gasteiger partial charge in [-0.1, -0.05) is 0 Å². The summed E-state index contributed by atoms with van der Waals surface area (Å²) in [6, 6.07) is 0. The zero-order valence-electron chi connectivity index (χ0n) is 13.0. The van der Waals surface area contributed by atoms with Gasteiger partial charge in [-0.2, -0.15) is 0 Å². The summed E-state index contributed by atoms with van der Waals surface area (Å²) in [6.07, 6.45) is 3.15. The third kappa shape index (κ3) is 4.32. The first-order valence-corrected chi connectivity index (χ1v) is 8.45. The van der Waals surface area contributed by atoms with Gasteiger partial charge in [0, 0.05) is 25.0 Å². The molecular formula is C14H19N5O3S. The van der Waals surface area contributed by atoms with Gasteiger partial charge in [0.2, 0.25) is 0 Å². The van der Waals surface area contributed by atoms with Crippen LogP contribution < -0.4 is 0 Å². The Bertz CT molecular complexity index is 650. The van der Waals surface area contributed by atoms with Gasteiger partial charge in [0.05, 0.1) is 25.8 Å². The largest absolute Gasteiger partial charge is 0.469 e. The van der Waals surface area contributed by atoms with Crippen LogP contribution in [0.5, 0.6) is 0 Å². The molecule has 9 heteroatoms. The highest BCUT2D eigenvalue weighted by molar-refractivity contribution is 7.09. The van der Waals surface area contributed by atoms with Gasteiger partial charge >= 0.3 is 5.97 Å². The fourth-order valence-electron chi connectivity index (χ4n) is 2.55. The van der Waals surface area contributed by atoms with Crippen LogP contribution >= 0.6 is 11.3 Å². The van der Waals surface area contributed by atoms with Crippen LogP contribution in [-0.2, 0) is 33.7 Å². The van der Waals surface area contributed by atoms with Gasteiger partial charge in [-0.25, -0.2) is 9.67 Å². The Labute approximate surface area is 137 Å². The van der Waals surface area contributed by atoms with E-state index in [-0.39, 0.29) is 12.4 Å². The summed E-state index contributed by atoms with van der Waals surface area (Å²) >= 11 is 1.50. The highest BCUT2D eigenvalue weighted by Gasteiger charge is 2.18. The van der Waals surface area contributed by atoms with Crippen LogP contribution in [0.2, 0.25) is 0 Å². The normalized spacial score (nSPS) is 15.7. The number of methoxy groups -OCH3 is 1. The van der Waals surface area contributed by atoms with Crippen molar-refractivity contribution in [2.75, 3.05) is 20.3 Å². The van der Waals surface area contributed by atoms with Crippen molar-refractivity contribution in [3.8, 4) is 0 Å². The maximum absolute atomic E-state index is 11.3. The van der Waals surface area contributed by atoms with E-state index in [1.165, 1.54) is 18.4 Å². The molecule has 3 rings (SSSR count). The summed E-state index contributed by atoms with van der Waals surface area (Å²) < 4.78 is 11.8. The minimum atomic E-state index is -0.288. The lowest BCUT2D eigenvalue weighted by Gasteiger charge is -2.21. The van der Waals surface area contributed by atoms with Gasteiger partial charge < -0.3 is 9.47 Å². The minimum absolute atomic E-state index is 0.192. The minimum Gasteiger partial charge on any atom is -0.469 e. The summed E-state index contributed by atoms with van der Waals surface area (Å²) in [7, 11) is 1.37. The van der Waals surface area contributed by atoms with Crippen molar-refractivity contribution >= 4 is 17.3 Å². The molecular weight excluding hydrogens is 318 g/mol. The van der Waals surface area contributed by atoms with E-state index in [1.807, 2.05) is 5.38 Å². The van der Waals surface area contributed by atoms with Gasteiger partial charge in [0.15, 0.2) is 5.82 Å². The molecule has 124 valence electrons. The van der Waals surface area contributed by atoms with Crippen molar-refractivity contribution in [3.05, 3.63) is 21.9 Å². The zero-order valence-corrected chi connectivity index (χ0v) is 13.8. The molecule has 1 aliphatic heterocycles. The van der Waals surface area contributed by atoms with E-state index in [0.717, 1.165) is 49.0 Å². The molecule has 1 saturated heterocycles. The summed E-state index contributed by atoms with van der Waals surface area (Å²) in [5.41, 5.74) is 0.718. The van der Waals surface area contributed by atoms with Crippen LogP contribution in [0.1, 0.15) is 29.4 Å². The second kappa shape index (κ2) is 7.60. The quantitative estimate of drug-likeness (QED) is 0.722. The number of ether oxygens (including phenoxy) is 2. The Kier molecular flexibility index (Phi) is 5.29. The fourth-order valence-corrected chi connectivity index (χ4v) is 3.33. The average Bonchev–Trinajstić information content (AvgIpc) is 3.19. The van der Waals surface area contributed by atoms with Gasteiger partial charge in [0.1, 0.15) is 5.01 Å². The van der Waals surface area contributed by atoms with Gasteiger partial charge in [0.25, 0.3) is 0 Å². The van der Waals surface area contributed by atoms with E-state index in [9.17, 15) is 4.79 Å². The highest BCUT2D eigenvalue weighted by Crippen LogP contribution is 2.19. The molecule has 0 saturated carbocycles. The number of nitrogens with zero attached hydrogens (tertiary/aromatic N) is 5. The number of aromatic nitrogens is 5. The number of carbonyl (C=O) groups is 1. The van der Waals surface area contributed by atoms with Crippen molar-refractivity contribution in [1.82, 2.24) is 25.2 Å². The number of tetrazole rings is 1. The predicted molar refractivity (Wildman–Crippen MR) is 82.0 cm³/mol. The van der Waals surface area contributed by atoms with Gasteiger partial charge in [-0.15, -0.1) is 16.4 Å². The zero-order chi connectivity index (χ0) is 16.1. The smallest absolute Gasteiger partial charge is 0.311 e. The molecule has 1 aliphatic rings. The van der Waals surface area contributed by atoms with Crippen LogP contribution in [0.3, 0.4) is 0 Å². The first kappa shape index (κ1) is 16.0. The van der Waals surface area contributed by atoms with Crippen molar-refractivity contribution in [3.63, 3.8) is 0 Å². The average molecular weight is 337 g/mol. The van der Waals surface area contributed by atoms with Gasteiger partial charge in [-0.3, -0.25) is 4.79 Å². The lowest BCUT2D eigenvalue weighted by atomic mass is 9.96. The monoisotopic (exact) mass is 337 g/mol. The topological polar surface area (TPSA) is 92.0 Å². The molecule has 0 bridgehead atoms. The standard InChI is InChI=1S/C14H19N5O3S/c1-21-14(20)7-11-9-23-13(15-11)8-19-12(16-17-18-19)6-10-2-4-22-5-3-10/h9-10H,2-8H2,1H3. The van der Waals surface area contributed by atoms with E-state index >= 15 is 0 Å². The van der Waals surface area contributed by atoms with E-state index in [2.05, 4.69) is 25.2 Å². The number of rotatable bonds is 6. The molecule has 0 N–H and O–H groups in total. The summed E-state index contributed by atoms with van der Waals surface area (Å²) in [6.45, 7) is 2.16. The SMILES string of the molecule is COC(=O)Cc1csc(Cn2nnnc2CC2CCOCC2)n1. The van der Waals surface area contributed by atoms with Crippen molar-refractivity contribution in [1.29, 1.82) is 0 Å². The van der Waals surface area contributed by atoms with E-state index in [4.69, 9.17) is 4.74 Å². The Hall–Kier alpha value is -1.87. The Morgan fingerprint density at radius 3 is 3.09 bits per heavy atom. The molecule has 0 amide bonds. The summed E-state index contributed by atoms with van der Waals surface area (Å²) in [5.74, 6) is 1.16. The molecule has 0 unspecified atom stereocenters. The van der Waals surface area contributed by atoms with E-state index in [0.29, 0.717) is 12.5 Å². The molecule has 23 heavy (non-hydrogen) atoms. The molecule has 0 atom stereocenters. The molecule has 2 aromatic heterocycles.